The maximum atomic E-state index is 12.6. The molecule has 20 heavy (non-hydrogen) atoms. The van der Waals surface area contributed by atoms with Crippen molar-refractivity contribution in [1.29, 1.82) is 0 Å². The van der Waals surface area contributed by atoms with Crippen LogP contribution >= 0.6 is 0 Å². The number of rotatable bonds is 3. The fraction of sp³-hybridized carbons (Fsp3) is 0.600. The number of nitrogen functional groups attached to an aromatic ring is 1. The molecule has 3 N–H and O–H groups in total. The minimum atomic E-state index is -3.48. The first-order valence-corrected chi connectivity index (χ1v) is 8.59. The van der Waals surface area contributed by atoms with E-state index in [1.807, 2.05) is 0 Å². The normalized spacial score (nSPS) is 26.9. The fourth-order valence-electron chi connectivity index (χ4n) is 3.20. The van der Waals surface area contributed by atoms with Crippen LogP contribution in [0.4, 0.5) is 5.69 Å². The first kappa shape index (κ1) is 15.3. The molecule has 0 radical (unpaired) electrons. The first-order chi connectivity index (χ1) is 9.22. The lowest BCUT2D eigenvalue weighted by atomic mass is 9.98. The van der Waals surface area contributed by atoms with Crippen LogP contribution in [-0.2, 0) is 10.0 Å². The van der Waals surface area contributed by atoms with Crippen LogP contribution in [0.15, 0.2) is 17.0 Å². The summed E-state index contributed by atoms with van der Waals surface area (Å²) in [7, 11) is -3.48. The van der Waals surface area contributed by atoms with Gasteiger partial charge in [-0.05, 0) is 61.8 Å². The third-order valence-electron chi connectivity index (χ3n) is 4.52. The molecule has 1 aliphatic rings. The van der Waals surface area contributed by atoms with Crippen molar-refractivity contribution in [2.24, 2.45) is 11.8 Å². The molecule has 1 aliphatic carbocycles. The summed E-state index contributed by atoms with van der Waals surface area (Å²) in [6.45, 7) is 7.88. The molecule has 3 atom stereocenters. The van der Waals surface area contributed by atoms with E-state index in [0.717, 1.165) is 12.8 Å². The van der Waals surface area contributed by atoms with Crippen molar-refractivity contribution in [2.75, 3.05) is 5.73 Å². The van der Waals surface area contributed by atoms with E-state index in [9.17, 15) is 8.42 Å². The number of anilines is 1. The molecule has 112 valence electrons. The lowest BCUT2D eigenvalue weighted by Crippen LogP contribution is -2.37. The standard InChI is InChI=1S/C15H24N2O2S/c1-9-5-6-14(12(9)4)17-20(18,19)15-10(2)7-13(16)8-11(15)3/h7-9,12,14,17H,5-6,16H2,1-4H3. The van der Waals surface area contributed by atoms with Crippen LogP contribution in [0.25, 0.3) is 0 Å². The zero-order valence-electron chi connectivity index (χ0n) is 12.6. The van der Waals surface area contributed by atoms with Crippen molar-refractivity contribution in [3.8, 4) is 0 Å². The Morgan fingerprint density at radius 1 is 1.15 bits per heavy atom. The van der Waals surface area contributed by atoms with Gasteiger partial charge in [0.15, 0.2) is 0 Å². The highest BCUT2D eigenvalue weighted by Gasteiger charge is 2.33. The highest BCUT2D eigenvalue weighted by molar-refractivity contribution is 7.89. The van der Waals surface area contributed by atoms with Crippen LogP contribution in [0.5, 0.6) is 0 Å². The predicted molar refractivity (Wildman–Crippen MR) is 82.0 cm³/mol. The molecule has 2 rings (SSSR count). The Bertz CT molecular complexity index is 587. The molecule has 1 fully saturated rings. The second kappa shape index (κ2) is 5.37. The topological polar surface area (TPSA) is 72.2 Å². The van der Waals surface area contributed by atoms with Gasteiger partial charge in [0, 0.05) is 11.7 Å². The molecule has 0 aliphatic heterocycles. The van der Waals surface area contributed by atoms with E-state index in [1.165, 1.54) is 0 Å². The van der Waals surface area contributed by atoms with E-state index >= 15 is 0 Å². The van der Waals surface area contributed by atoms with Gasteiger partial charge in [-0.25, -0.2) is 13.1 Å². The Hall–Kier alpha value is -1.07. The average Bonchev–Trinajstić information content (AvgIpc) is 2.58. The van der Waals surface area contributed by atoms with Gasteiger partial charge in [-0.15, -0.1) is 0 Å². The molecule has 5 heteroatoms. The number of nitrogens with one attached hydrogen (secondary N) is 1. The van der Waals surface area contributed by atoms with Gasteiger partial charge in [0.05, 0.1) is 4.90 Å². The lowest BCUT2D eigenvalue weighted by molar-refractivity contribution is 0.402. The second-order valence-corrected chi connectivity index (χ2v) is 7.78. The SMILES string of the molecule is Cc1cc(N)cc(C)c1S(=O)(=O)NC1CCC(C)C1C. The van der Waals surface area contributed by atoms with Crippen LogP contribution in [0, 0.1) is 25.7 Å². The van der Waals surface area contributed by atoms with Crippen LogP contribution in [-0.4, -0.2) is 14.5 Å². The van der Waals surface area contributed by atoms with Crippen LogP contribution in [0.3, 0.4) is 0 Å². The van der Waals surface area contributed by atoms with E-state index in [0.29, 0.717) is 33.5 Å². The summed E-state index contributed by atoms with van der Waals surface area (Å²) in [5, 5.41) is 0. The van der Waals surface area contributed by atoms with Gasteiger partial charge in [0.25, 0.3) is 0 Å². The first-order valence-electron chi connectivity index (χ1n) is 7.11. The molecular weight excluding hydrogens is 272 g/mol. The van der Waals surface area contributed by atoms with Crippen molar-refractivity contribution in [3.05, 3.63) is 23.3 Å². The predicted octanol–water partition coefficient (Wildman–Crippen LogP) is 2.60. The summed E-state index contributed by atoms with van der Waals surface area (Å²) >= 11 is 0. The highest BCUT2D eigenvalue weighted by atomic mass is 32.2. The molecule has 4 nitrogen and oxygen atoms in total. The number of hydrogen-bond donors (Lipinski definition) is 2. The van der Waals surface area contributed by atoms with E-state index in [2.05, 4.69) is 18.6 Å². The summed E-state index contributed by atoms with van der Waals surface area (Å²) < 4.78 is 28.2. The maximum Gasteiger partial charge on any atom is 0.241 e. The number of benzene rings is 1. The minimum Gasteiger partial charge on any atom is -0.399 e. The molecule has 0 saturated heterocycles. The van der Waals surface area contributed by atoms with Gasteiger partial charge >= 0.3 is 0 Å². The van der Waals surface area contributed by atoms with Crippen molar-refractivity contribution in [1.82, 2.24) is 4.72 Å². The minimum absolute atomic E-state index is 0.0337. The van der Waals surface area contributed by atoms with Crippen LogP contribution in [0.2, 0.25) is 0 Å². The summed E-state index contributed by atoms with van der Waals surface area (Å²) in [4.78, 5) is 0.374. The largest absolute Gasteiger partial charge is 0.399 e. The molecule has 1 saturated carbocycles. The van der Waals surface area contributed by atoms with Crippen molar-refractivity contribution in [2.45, 2.75) is 51.5 Å². The van der Waals surface area contributed by atoms with E-state index in [1.54, 1.807) is 26.0 Å². The van der Waals surface area contributed by atoms with Crippen molar-refractivity contribution < 1.29 is 8.42 Å². The van der Waals surface area contributed by atoms with E-state index < -0.39 is 10.0 Å². The Morgan fingerprint density at radius 2 is 1.70 bits per heavy atom. The summed E-state index contributed by atoms with van der Waals surface area (Å²) in [6, 6.07) is 3.45. The Labute approximate surface area is 121 Å². The Kier molecular flexibility index (Phi) is 4.12. The summed E-state index contributed by atoms with van der Waals surface area (Å²) in [5.41, 5.74) is 7.76. The third-order valence-corrected chi connectivity index (χ3v) is 6.32. The molecule has 3 unspecified atom stereocenters. The summed E-state index contributed by atoms with van der Waals surface area (Å²) in [5.74, 6) is 0.940. The monoisotopic (exact) mass is 296 g/mol. The van der Waals surface area contributed by atoms with Crippen molar-refractivity contribution in [3.63, 3.8) is 0 Å². The summed E-state index contributed by atoms with van der Waals surface area (Å²) in [6.07, 6.45) is 1.99. The Morgan fingerprint density at radius 3 is 2.15 bits per heavy atom. The smallest absolute Gasteiger partial charge is 0.241 e. The number of nitrogens with two attached hydrogens (primary N) is 1. The van der Waals surface area contributed by atoms with Gasteiger partial charge in [-0.1, -0.05) is 13.8 Å². The number of aryl methyl sites for hydroxylation is 2. The quantitative estimate of drug-likeness (QED) is 0.842. The molecular formula is C15H24N2O2S. The molecule has 0 bridgehead atoms. The molecule has 1 aromatic carbocycles. The number of hydrogen-bond acceptors (Lipinski definition) is 3. The zero-order chi connectivity index (χ0) is 15.1. The van der Waals surface area contributed by atoms with Crippen molar-refractivity contribution >= 4 is 15.7 Å². The van der Waals surface area contributed by atoms with E-state index in [-0.39, 0.29) is 6.04 Å². The lowest BCUT2D eigenvalue weighted by Gasteiger charge is -2.21. The third kappa shape index (κ3) is 2.83. The highest BCUT2D eigenvalue weighted by Crippen LogP contribution is 2.33. The second-order valence-electron chi connectivity index (χ2n) is 6.13. The van der Waals surface area contributed by atoms with Gasteiger partial charge < -0.3 is 5.73 Å². The molecule has 0 heterocycles. The fourth-order valence-corrected chi connectivity index (χ4v) is 5.01. The molecule has 1 aromatic rings. The maximum absolute atomic E-state index is 12.6. The van der Waals surface area contributed by atoms with Gasteiger partial charge in [-0.2, -0.15) is 0 Å². The van der Waals surface area contributed by atoms with E-state index in [4.69, 9.17) is 5.73 Å². The molecule has 0 aromatic heterocycles. The Balaban J connectivity index is 2.32. The van der Waals surface area contributed by atoms with Gasteiger partial charge in [0.1, 0.15) is 0 Å². The number of sulfonamides is 1. The average molecular weight is 296 g/mol. The van der Waals surface area contributed by atoms with Crippen LogP contribution in [0.1, 0.15) is 37.8 Å². The molecule has 0 amide bonds. The van der Waals surface area contributed by atoms with Crippen LogP contribution < -0.4 is 10.5 Å². The van der Waals surface area contributed by atoms with Gasteiger partial charge in [0.2, 0.25) is 10.0 Å². The molecule has 0 spiro atoms. The zero-order valence-corrected chi connectivity index (χ0v) is 13.4. The van der Waals surface area contributed by atoms with Gasteiger partial charge in [-0.3, -0.25) is 0 Å².